The summed E-state index contributed by atoms with van der Waals surface area (Å²) in [6, 6.07) is 14.6. The number of carbonyl (C=O) groups excluding carboxylic acids is 1. The van der Waals surface area contributed by atoms with Crippen molar-refractivity contribution in [1.29, 1.82) is 0 Å². The Hall–Kier alpha value is -3.34. The summed E-state index contributed by atoms with van der Waals surface area (Å²) in [5, 5.41) is 7.28. The molecule has 5 nitrogen and oxygen atoms in total. The van der Waals surface area contributed by atoms with Crippen LogP contribution < -0.4 is 10.7 Å². The summed E-state index contributed by atoms with van der Waals surface area (Å²) in [5.41, 5.74) is 12.8. The second-order valence-electron chi connectivity index (χ2n) is 7.88. The molecule has 0 aliphatic rings. The summed E-state index contributed by atoms with van der Waals surface area (Å²) in [6.07, 6.45) is 1.70. The van der Waals surface area contributed by atoms with Gasteiger partial charge >= 0.3 is 0 Å². The highest BCUT2D eigenvalue weighted by Crippen LogP contribution is 2.21. The number of rotatable bonds is 6. The molecule has 0 bridgehead atoms. The van der Waals surface area contributed by atoms with Gasteiger partial charge in [0.25, 0.3) is 5.91 Å². The van der Waals surface area contributed by atoms with Gasteiger partial charge in [-0.3, -0.25) is 4.79 Å². The van der Waals surface area contributed by atoms with Crippen LogP contribution in [0.2, 0.25) is 0 Å². The van der Waals surface area contributed by atoms with Gasteiger partial charge in [-0.15, -0.1) is 0 Å². The van der Waals surface area contributed by atoms with Gasteiger partial charge < -0.3 is 9.88 Å². The molecule has 0 aliphatic carbocycles. The highest BCUT2D eigenvalue weighted by atomic mass is 16.2. The molecule has 0 fully saturated rings. The SMILES string of the molecule is Cc1ccc(NCC(=O)N/N=C/c2cc(C)n(-c3ccc(C)c(C)c3)c2C)cc1C. The fraction of sp³-hybridized carbons (Fsp3) is 0.280. The van der Waals surface area contributed by atoms with Crippen molar-refractivity contribution < 1.29 is 4.79 Å². The molecule has 2 aromatic carbocycles. The van der Waals surface area contributed by atoms with Crippen molar-refractivity contribution in [2.75, 3.05) is 11.9 Å². The van der Waals surface area contributed by atoms with Gasteiger partial charge in [-0.2, -0.15) is 5.10 Å². The van der Waals surface area contributed by atoms with Gasteiger partial charge in [0.05, 0.1) is 12.8 Å². The molecule has 1 amide bonds. The first-order chi connectivity index (χ1) is 14.3. The number of hydrogen-bond donors (Lipinski definition) is 2. The summed E-state index contributed by atoms with van der Waals surface area (Å²) < 4.78 is 2.21. The predicted octanol–water partition coefficient (Wildman–Crippen LogP) is 4.89. The molecule has 2 N–H and O–H groups in total. The van der Waals surface area contributed by atoms with Crippen LogP contribution in [-0.4, -0.2) is 23.2 Å². The lowest BCUT2D eigenvalue weighted by atomic mass is 10.1. The van der Waals surface area contributed by atoms with Crippen LogP contribution in [0.5, 0.6) is 0 Å². The number of hydrazone groups is 1. The summed E-state index contributed by atoms with van der Waals surface area (Å²) in [5.74, 6) is -0.188. The summed E-state index contributed by atoms with van der Waals surface area (Å²) in [7, 11) is 0. The van der Waals surface area contributed by atoms with E-state index in [1.807, 2.05) is 18.2 Å². The van der Waals surface area contributed by atoms with E-state index in [-0.39, 0.29) is 12.5 Å². The van der Waals surface area contributed by atoms with Gasteiger partial charge in [-0.25, -0.2) is 5.43 Å². The molecule has 0 atom stereocenters. The van der Waals surface area contributed by atoms with E-state index in [1.54, 1.807) is 6.21 Å². The number of hydrogen-bond acceptors (Lipinski definition) is 3. The number of nitrogens with zero attached hydrogens (tertiary/aromatic N) is 2. The van der Waals surface area contributed by atoms with Crippen LogP contribution in [0.1, 0.15) is 39.2 Å². The van der Waals surface area contributed by atoms with E-state index in [1.165, 1.54) is 22.3 Å². The Bertz CT molecular complexity index is 1110. The van der Waals surface area contributed by atoms with Crippen LogP contribution >= 0.6 is 0 Å². The molecule has 1 heterocycles. The molecule has 0 unspecified atom stereocenters. The van der Waals surface area contributed by atoms with Crippen molar-refractivity contribution in [2.24, 2.45) is 5.10 Å². The number of carbonyl (C=O) groups is 1. The third-order valence-corrected chi connectivity index (χ3v) is 5.57. The fourth-order valence-electron chi connectivity index (χ4n) is 3.43. The standard InChI is InChI=1S/C25H30N4O/c1-16-7-9-23(11-18(16)3)26-15-25(30)28-27-14-22-13-20(5)29(21(22)6)24-10-8-17(2)19(4)12-24/h7-14,26H,15H2,1-6H3,(H,28,30)/b27-14+. The van der Waals surface area contributed by atoms with E-state index >= 15 is 0 Å². The average molecular weight is 403 g/mol. The lowest BCUT2D eigenvalue weighted by molar-refractivity contribution is -0.119. The third-order valence-electron chi connectivity index (χ3n) is 5.57. The van der Waals surface area contributed by atoms with E-state index in [2.05, 4.69) is 86.2 Å². The first kappa shape index (κ1) is 21.4. The number of aromatic nitrogens is 1. The highest BCUT2D eigenvalue weighted by molar-refractivity contribution is 5.85. The number of anilines is 1. The maximum atomic E-state index is 12.1. The lowest BCUT2D eigenvalue weighted by Crippen LogP contribution is -2.25. The fourth-order valence-corrected chi connectivity index (χ4v) is 3.43. The molecular formula is C25H30N4O. The van der Waals surface area contributed by atoms with E-state index in [0.717, 1.165) is 28.3 Å². The van der Waals surface area contributed by atoms with Crippen LogP contribution in [0.4, 0.5) is 5.69 Å². The van der Waals surface area contributed by atoms with E-state index in [4.69, 9.17) is 0 Å². The predicted molar refractivity (Wildman–Crippen MR) is 125 cm³/mol. The Morgan fingerprint density at radius 1 is 0.900 bits per heavy atom. The van der Waals surface area contributed by atoms with E-state index in [0.29, 0.717) is 0 Å². The molecule has 30 heavy (non-hydrogen) atoms. The quantitative estimate of drug-likeness (QED) is 0.456. The van der Waals surface area contributed by atoms with Gasteiger partial charge in [-0.1, -0.05) is 12.1 Å². The van der Waals surface area contributed by atoms with Crippen molar-refractivity contribution in [3.63, 3.8) is 0 Å². The van der Waals surface area contributed by atoms with Gasteiger partial charge in [0, 0.05) is 28.3 Å². The minimum atomic E-state index is -0.188. The zero-order valence-electron chi connectivity index (χ0n) is 18.6. The molecule has 3 rings (SSSR count). The first-order valence-corrected chi connectivity index (χ1v) is 10.2. The smallest absolute Gasteiger partial charge is 0.259 e. The molecule has 0 radical (unpaired) electrons. The van der Waals surface area contributed by atoms with Gasteiger partial charge in [0.15, 0.2) is 0 Å². The molecule has 0 saturated heterocycles. The lowest BCUT2D eigenvalue weighted by Gasteiger charge is -2.11. The van der Waals surface area contributed by atoms with Crippen LogP contribution in [-0.2, 0) is 4.79 Å². The molecule has 0 saturated carbocycles. The Morgan fingerprint density at radius 3 is 2.23 bits per heavy atom. The van der Waals surface area contributed by atoms with E-state index in [9.17, 15) is 4.79 Å². The molecule has 0 spiro atoms. The highest BCUT2D eigenvalue weighted by Gasteiger charge is 2.10. The monoisotopic (exact) mass is 402 g/mol. The molecule has 3 aromatic rings. The zero-order chi connectivity index (χ0) is 21.8. The average Bonchev–Trinajstić information content (AvgIpc) is 2.98. The van der Waals surface area contributed by atoms with Gasteiger partial charge in [0.1, 0.15) is 0 Å². The molecule has 0 aliphatic heterocycles. The van der Waals surface area contributed by atoms with Crippen LogP contribution in [0.3, 0.4) is 0 Å². The van der Waals surface area contributed by atoms with Crippen molar-refractivity contribution in [3.8, 4) is 5.69 Å². The first-order valence-electron chi connectivity index (χ1n) is 10.2. The van der Waals surface area contributed by atoms with Crippen LogP contribution in [0, 0.1) is 41.5 Å². The third kappa shape index (κ3) is 4.79. The van der Waals surface area contributed by atoms with E-state index < -0.39 is 0 Å². The largest absolute Gasteiger partial charge is 0.376 e. The Kier molecular flexibility index (Phi) is 6.40. The normalized spacial score (nSPS) is 11.1. The Balaban J connectivity index is 1.64. The van der Waals surface area contributed by atoms with Crippen molar-refractivity contribution >= 4 is 17.8 Å². The summed E-state index contributed by atoms with van der Waals surface area (Å²) in [4.78, 5) is 12.1. The molecule has 5 heteroatoms. The molecule has 156 valence electrons. The topological polar surface area (TPSA) is 58.4 Å². The molecule has 1 aromatic heterocycles. The van der Waals surface area contributed by atoms with Crippen molar-refractivity contribution in [1.82, 2.24) is 9.99 Å². The number of nitrogens with one attached hydrogen (secondary N) is 2. The Morgan fingerprint density at radius 2 is 1.57 bits per heavy atom. The Labute approximate surface area is 178 Å². The second kappa shape index (κ2) is 8.99. The second-order valence-corrected chi connectivity index (χ2v) is 7.88. The molecular weight excluding hydrogens is 372 g/mol. The van der Waals surface area contributed by atoms with Crippen LogP contribution in [0.15, 0.2) is 47.6 Å². The maximum Gasteiger partial charge on any atom is 0.259 e. The van der Waals surface area contributed by atoms with Crippen molar-refractivity contribution in [2.45, 2.75) is 41.5 Å². The maximum absolute atomic E-state index is 12.1. The minimum absolute atomic E-state index is 0.168. The van der Waals surface area contributed by atoms with Crippen LogP contribution in [0.25, 0.3) is 5.69 Å². The van der Waals surface area contributed by atoms with Crippen molar-refractivity contribution in [3.05, 3.63) is 81.7 Å². The number of amides is 1. The van der Waals surface area contributed by atoms with Gasteiger partial charge in [-0.05, 0) is 94.1 Å². The van der Waals surface area contributed by atoms with Gasteiger partial charge in [0.2, 0.25) is 0 Å². The summed E-state index contributed by atoms with van der Waals surface area (Å²) in [6.45, 7) is 12.7. The summed E-state index contributed by atoms with van der Waals surface area (Å²) >= 11 is 0. The number of aryl methyl sites for hydroxylation is 5. The number of benzene rings is 2. The minimum Gasteiger partial charge on any atom is -0.376 e. The zero-order valence-corrected chi connectivity index (χ0v) is 18.6.